The van der Waals surface area contributed by atoms with E-state index in [-0.39, 0.29) is 5.97 Å². The van der Waals surface area contributed by atoms with Crippen LogP contribution in [0.1, 0.15) is 30.6 Å². The highest BCUT2D eigenvalue weighted by molar-refractivity contribution is 5.90. The van der Waals surface area contributed by atoms with E-state index in [4.69, 9.17) is 16.2 Å². The van der Waals surface area contributed by atoms with E-state index in [1.54, 1.807) is 24.3 Å². The number of esters is 1. The van der Waals surface area contributed by atoms with Crippen LogP contribution in [0.2, 0.25) is 0 Å². The summed E-state index contributed by atoms with van der Waals surface area (Å²) in [5, 5.41) is 0. The zero-order valence-corrected chi connectivity index (χ0v) is 9.69. The minimum atomic E-state index is -0.535. The molecule has 0 radical (unpaired) electrons. The molecule has 4 N–H and O–H groups in total. The summed E-state index contributed by atoms with van der Waals surface area (Å²) in [4.78, 5) is 11.7. The number of anilines is 1. The highest BCUT2D eigenvalue weighted by Crippen LogP contribution is 2.17. The maximum atomic E-state index is 11.7. The number of carbonyl (C=O) groups is 1. The minimum Gasteiger partial charge on any atom is -0.456 e. The van der Waals surface area contributed by atoms with Crippen molar-refractivity contribution in [2.75, 3.05) is 12.3 Å². The molecule has 1 rings (SSSR count). The molecule has 0 heterocycles. The highest BCUT2D eigenvalue weighted by Gasteiger charge is 2.22. The first-order valence-electron chi connectivity index (χ1n) is 5.23. The number of nitrogens with two attached hydrogens (primary N) is 2. The Morgan fingerprint density at radius 2 is 1.88 bits per heavy atom. The monoisotopic (exact) mass is 222 g/mol. The van der Waals surface area contributed by atoms with Crippen molar-refractivity contribution in [2.24, 2.45) is 5.73 Å². The lowest BCUT2D eigenvalue weighted by molar-refractivity contribution is -0.00335. The van der Waals surface area contributed by atoms with E-state index in [9.17, 15) is 4.79 Å². The van der Waals surface area contributed by atoms with Gasteiger partial charge in [0.05, 0.1) is 5.56 Å². The van der Waals surface area contributed by atoms with Crippen LogP contribution in [0.3, 0.4) is 0 Å². The largest absolute Gasteiger partial charge is 0.456 e. The van der Waals surface area contributed by atoms with Gasteiger partial charge in [0.2, 0.25) is 0 Å². The van der Waals surface area contributed by atoms with Gasteiger partial charge in [-0.2, -0.15) is 0 Å². The fourth-order valence-electron chi connectivity index (χ4n) is 1.33. The molecule has 0 aliphatic heterocycles. The zero-order chi connectivity index (χ0) is 12.2. The molecule has 1 aromatic rings. The maximum Gasteiger partial charge on any atom is 0.338 e. The maximum absolute atomic E-state index is 11.7. The molecule has 0 amide bonds. The summed E-state index contributed by atoms with van der Waals surface area (Å²) in [6.07, 6.45) is 0.633. The van der Waals surface area contributed by atoms with E-state index in [1.807, 2.05) is 13.8 Å². The summed E-state index contributed by atoms with van der Waals surface area (Å²) in [5.74, 6) is -0.349. The third kappa shape index (κ3) is 3.55. The van der Waals surface area contributed by atoms with Crippen LogP contribution in [0.25, 0.3) is 0 Å². The van der Waals surface area contributed by atoms with E-state index in [0.29, 0.717) is 24.2 Å². The first-order chi connectivity index (χ1) is 7.44. The summed E-state index contributed by atoms with van der Waals surface area (Å²) >= 11 is 0. The standard InChI is InChI=1S/C12H18N2O2/c1-12(2,7-8-13)16-11(15)9-3-5-10(14)6-4-9/h3-6H,7-8,13-14H2,1-2H3. The lowest BCUT2D eigenvalue weighted by atomic mass is 10.1. The molecule has 0 unspecified atom stereocenters. The van der Waals surface area contributed by atoms with Gasteiger partial charge < -0.3 is 16.2 Å². The van der Waals surface area contributed by atoms with Crippen molar-refractivity contribution in [3.8, 4) is 0 Å². The topological polar surface area (TPSA) is 78.3 Å². The van der Waals surface area contributed by atoms with Gasteiger partial charge in [-0.25, -0.2) is 4.79 Å². The van der Waals surface area contributed by atoms with E-state index in [0.717, 1.165) is 0 Å². The Hall–Kier alpha value is -1.55. The molecule has 0 aliphatic carbocycles. The lowest BCUT2D eigenvalue weighted by Gasteiger charge is -2.24. The summed E-state index contributed by atoms with van der Waals surface area (Å²) in [7, 11) is 0. The molecule has 0 aromatic heterocycles. The quantitative estimate of drug-likeness (QED) is 0.598. The third-order valence-corrected chi connectivity index (χ3v) is 2.26. The predicted molar refractivity (Wildman–Crippen MR) is 64.0 cm³/mol. The SMILES string of the molecule is CC(C)(CCN)OC(=O)c1ccc(N)cc1. The van der Waals surface area contributed by atoms with Gasteiger partial charge in [-0.3, -0.25) is 0 Å². The number of ether oxygens (including phenoxy) is 1. The average Bonchev–Trinajstić information content (AvgIpc) is 2.17. The Bertz CT molecular complexity index is 358. The molecule has 4 heteroatoms. The molecule has 0 saturated heterocycles. The third-order valence-electron chi connectivity index (χ3n) is 2.26. The first kappa shape index (κ1) is 12.5. The Labute approximate surface area is 95.6 Å². The Morgan fingerprint density at radius 1 is 1.31 bits per heavy atom. The van der Waals surface area contributed by atoms with Crippen molar-refractivity contribution in [3.63, 3.8) is 0 Å². The summed E-state index contributed by atoms with van der Waals surface area (Å²) in [5.41, 5.74) is 11.6. The minimum absolute atomic E-state index is 0.349. The van der Waals surface area contributed by atoms with Crippen molar-refractivity contribution in [1.82, 2.24) is 0 Å². The summed E-state index contributed by atoms with van der Waals surface area (Å²) in [6, 6.07) is 6.64. The van der Waals surface area contributed by atoms with Crippen LogP contribution >= 0.6 is 0 Å². The second kappa shape index (κ2) is 4.99. The smallest absolute Gasteiger partial charge is 0.338 e. The van der Waals surface area contributed by atoms with E-state index in [1.165, 1.54) is 0 Å². The van der Waals surface area contributed by atoms with Gasteiger partial charge in [0, 0.05) is 5.69 Å². The van der Waals surface area contributed by atoms with Crippen LogP contribution in [0.4, 0.5) is 5.69 Å². The Morgan fingerprint density at radius 3 is 2.38 bits per heavy atom. The molecule has 0 atom stereocenters. The number of hydrogen-bond donors (Lipinski definition) is 2. The van der Waals surface area contributed by atoms with E-state index < -0.39 is 5.60 Å². The number of carbonyl (C=O) groups excluding carboxylic acids is 1. The second-order valence-corrected chi connectivity index (χ2v) is 4.31. The van der Waals surface area contributed by atoms with Crippen LogP contribution < -0.4 is 11.5 Å². The fraction of sp³-hybridized carbons (Fsp3) is 0.417. The zero-order valence-electron chi connectivity index (χ0n) is 9.69. The molecule has 0 bridgehead atoms. The van der Waals surface area contributed by atoms with Crippen molar-refractivity contribution in [1.29, 1.82) is 0 Å². The Balaban J connectivity index is 2.69. The molecule has 0 fully saturated rings. The van der Waals surface area contributed by atoms with Crippen LogP contribution in [-0.2, 0) is 4.74 Å². The molecular formula is C12H18N2O2. The van der Waals surface area contributed by atoms with Crippen molar-refractivity contribution in [2.45, 2.75) is 25.9 Å². The molecule has 16 heavy (non-hydrogen) atoms. The van der Waals surface area contributed by atoms with Gasteiger partial charge in [0.25, 0.3) is 0 Å². The molecule has 0 aliphatic rings. The molecule has 0 saturated carbocycles. The first-order valence-corrected chi connectivity index (χ1v) is 5.23. The van der Waals surface area contributed by atoms with Gasteiger partial charge in [-0.05, 0) is 51.1 Å². The molecule has 88 valence electrons. The van der Waals surface area contributed by atoms with Gasteiger partial charge in [0.1, 0.15) is 5.60 Å². The lowest BCUT2D eigenvalue weighted by Crippen LogP contribution is -2.30. The normalized spacial score (nSPS) is 11.2. The van der Waals surface area contributed by atoms with Crippen LogP contribution in [0.15, 0.2) is 24.3 Å². The second-order valence-electron chi connectivity index (χ2n) is 4.31. The summed E-state index contributed by atoms with van der Waals surface area (Å²) < 4.78 is 5.34. The van der Waals surface area contributed by atoms with Crippen LogP contribution in [-0.4, -0.2) is 18.1 Å². The van der Waals surface area contributed by atoms with Crippen molar-refractivity contribution in [3.05, 3.63) is 29.8 Å². The molecule has 4 nitrogen and oxygen atoms in total. The number of rotatable bonds is 4. The average molecular weight is 222 g/mol. The Kier molecular flexibility index (Phi) is 3.90. The number of hydrogen-bond acceptors (Lipinski definition) is 4. The van der Waals surface area contributed by atoms with E-state index in [2.05, 4.69) is 0 Å². The summed E-state index contributed by atoms with van der Waals surface area (Å²) in [6.45, 7) is 4.17. The van der Waals surface area contributed by atoms with Crippen LogP contribution in [0, 0.1) is 0 Å². The van der Waals surface area contributed by atoms with Crippen LogP contribution in [0.5, 0.6) is 0 Å². The van der Waals surface area contributed by atoms with Gasteiger partial charge in [-0.1, -0.05) is 0 Å². The van der Waals surface area contributed by atoms with E-state index >= 15 is 0 Å². The predicted octanol–water partition coefficient (Wildman–Crippen LogP) is 1.55. The van der Waals surface area contributed by atoms with Gasteiger partial charge in [-0.15, -0.1) is 0 Å². The fourth-order valence-corrected chi connectivity index (χ4v) is 1.33. The van der Waals surface area contributed by atoms with Crippen molar-refractivity contribution >= 4 is 11.7 Å². The molecule has 1 aromatic carbocycles. The van der Waals surface area contributed by atoms with Gasteiger partial charge in [0.15, 0.2) is 0 Å². The molecule has 0 spiro atoms. The molecular weight excluding hydrogens is 204 g/mol. The number of nitrogen functional groups attached to an aromatic ring is 1. The van der Waals surface area contributed by atoms with Gasteiger partial charge >= 0.3 is 5.97 Å². The number of benzene rings is 1. The van der Waals surface area contributed by atoms with Crippen molar-refractivity contribution < 1.29 is 9.53 Å². The highest BCUT2D eigenvalue weighted by atomic mass is 16.6.